The first-order valence-electron chi connectivity index (χ1n) is 18.6. The molecule has 0 fully saturated rings. The Kier molecular flexibility index (Phi) is 31.2. The molecule has 0 aromatic rings. The fourth-order valence-electron chi connectivity index (χ4n) is 5.80. The molecule has 0 radical (unpaired) electrons. The van der Waals surface area contributed by atoms with E-state index in [1.165, 1.54) is 128 Å². The maximum absolute atomic E-state index is 13.2. The molecule has 0 aromatic heterocycles. The second-order valence-corrected chi connectivity index (χ2v) is 14.0. The molecule has 0 saturated carbocycles. The molecule has 0 spiro atoms. The molecule has 2 unspecified atom stereocenters. The third-order valence-electron chi connectivity index (χ3n) is 8.53. The van der Waals surface area contributed by atoms with E-state index in [0.29, 0.717) is 0 Å². The van der Waals surface area contributed by atoms with Gasteiger partial charge in [0.2, 0.25) is 0 Å². The van der Waals surface area contributed by atoms with Gasteiger partial charge in [0.25, 0.3) is 0 Å². The van der Waals surface area contributed by atoms with Crippen molar-refractivity contribution in [3.8, 4) is 0 Å². The Morgan fingerprint density at radius 1 is 0.341 bits per heavy atom. The van der Waals surface area contributed by atoms with E-state index in [0.717, 1.165) is 64.2 Å². The summed E-state index contributed by atoms with van der Waals surface area (Å²) in [4.78, 5) is 0. The van der Waals surface area contributed by atoms with E-state index in [1.54, 1.807) is 0 Å². The Morgan fingerprint density at radius 3 is 0.756 bits per heavy atom. The van der Waals surface area contributed by atoms with Gasteiger partial charge in [-0.25, -0.2) is 8.37 Å². The van der Waals surface area contributed by atoms with E-state index < -0.39 is 10.4 Å². The Morgan fingerprint density at radius 2 is 0.537 bits per heavy atom. The molecule has 5 heteroatoms. The summed E-state index contributed by atoms with van der Waals surface area (Å²) in [6.07, 6.45) is 34.6. The smallest absolute Gasteiger partial charge is 0.245 e. The van der Waals surface area contributed by atoms with Crippen LogP contribution in [0, 0.1) is 0 Å². The second kappa shape index (κ2) is 31.3. The standard InChI is InChI=1S/C36H74O4S/c1-5-9-13-17-21-25-29-33-35(31-27-23-19-15-11-7-3)39-41(37,38)40-36(32-28-24-20-16-12-8-4)34-30-26-22-18-14-10-6-2/h35-36H,5-34H2,1-4H3. The Hall–Kier alpha value is -0.130. The van der Waals surface area contributed by atoms with Crippen LogP contribution in [0.25, 0.3) is 0 Å². The van der Waals surface area contributed by atoms with Crippen LogP contribution in [-0.4, -0.2) is 20.6 Å². The summed E-state index contributed by atoms with van der Waals surface area (Å²) in [5.74, 6) is 0. The molecule has 0 amide bonds. The zero-order valence-electron chi connectivity index (χ0n) is 28.4. The Labute approximate surface area is 259 Å². The average Bonchev–Trinajstić information content (AvgIpc) is 2.95. The van der Waals surface area contributed by atoms with Crippen LogP contribution >= 0.6 is 0 Å². The van der Waals surface area contributed by atoms with Gasteiger partial charge in [0.1, 0.15) is 0 Å². The van der Waals surface area contributed by atoms with Crippen LogP contribution in [0.2, 0.25) is 0 Å². The largest absolute Gasteiger partial charge is 0.400 e. The molecule has 0 aliphatic rings. The first-order chi connectivity index (χ1) is 20.0. The van der Waals surface area contributed by atoms with Crippen molar-refractivity contribution in [2.24, 2.45) is 0 Å². The van der Waals surface area contributed by atoms with E-state index in [9.17, 15) is 8.42 Å². The molecule has 0 saturated heterocycles. The van der Waals surface area contributed by atoms with Gasteiger partial charge in [0.05, 0.1) is 12.2 Å². The molecule has 4 nitrogen and oxygen atoms in total. The van der Waals surface area contributed by atoms with Crippen molar-refractivity contribution in [2.45, 2.75) is 233 Å². The minimum atomic E-state index is -3.99. The van der Waals surface area contributed by atoms with Crippen molar-refractivity contribution in [1.82, 2.24) is 0 Å². The quantitative estimate of drug-likeness (QED) is 0.0687. The highest BCUT2D eigenvalue weighted by atomic mass is 32.3. The van der Waals surface area contributed by atoms with E-state index in [4.69, 9.17) is 8.37 Å². The summed E-state index contributed by atoms with van der Waals surface area (Å²) in [6, 6.07) is 0. The first-order valence-corrected chi connectivity index (χ1v) is 19.9. The lowest BCUT2D eigenvalue weighted by Crippen LogP contribution is -2.25. The maximum atomic E-state index is 13.2. The molecule has 248 valence electrons. The van der Waals surface area contributed by atoms with E-state index in [-0.39, 0.29) is 12.2 Å². The average molecular weight is 603 g/mol. The van der Waals surface area contributed by atoms with Crippen LogP contribution < -0.4 is 0 Å². The van der Waals surface area contributed by atoms with Crippen LogP contribution in [0.4, 0.5) is 0 Å². The van der Waals surface area contributed by atoms with E-state index in [2.05, 4.69) is 27.7 Å². The zero-order valence-corrected chi connectivity index (χ0v) is 29.2. The highest BCUT2D eigenvalue weighted by Gasteiger charge is 2.24. The van der Waals surface area contributed by atoms with E-state index >= 15 is 0 Å². The molecule has 41 heavy (non-hydrogen) atoms. The SMILES string of the molecule is CCCCCCCCCC(CCCCCCCC)OS(=O)(=O)OC(CCCCCCCC)CCCCCCCCC. The summed E-state index contributed by atoms with van der Waals surface area (Å²) in [7, 11) is -3.99. The van der Waals surface area contributed by atoms with Gasteiger partial charge >= 0.3 is 10.4 Å². The minimum absolute atomic E-state index is 0.241. The van der Waals surface area contributed by atoms with Gasteiger partial charge in [-0.3, -0.25) is 0 Å². The molecule has 0 heterocycles. The van der Waals surface area contributed by atoms with Crippen LogP contribution in [-0.2, 0) is 18.8 Å². The van der Waals surface area contributed by atoms with Crippen molar-refractivity contribution in [3.63, 3.8) is 0 Å². The fourth-order valence-corrected chi connectivity index (χ4v) is 6.90. The van der Waals surface area contributed by atoms with Gasteiger partial charge in [0, 0.05) is 0 Å². The molecular weight excluding hydrogens is 528 g/mol. The normalized spacial score (nSPS) is 13.6. The third kappa shape index (κ3) is 29.7. The summed E-state index contributed by atoms with van der Waals surface area (Å²) >= 11 is 0. The predicted octanol–water partition coefficient (Wildman–Crippen LogP) is 12.8. The molecular formula is C36H74O4S. The molecule has 2 atom stereocenters. The molecule has 0 aliphatic heterocycles. The highest BCUT2D eigenvalue weighted by molar-refractivity contribution is 7.81. The molecule has 0 aliphatic carbocycles. The summed E-state index contributed by atoms with van der Waals surface area (Å²) in [6.45, 7) is 8.98. The Bertz CT molecular complexity index is 561. The van der Waals surface area contributed by atoms with Gasteiger partial charge in [-0.2, -0.15) is 8.42 Å². The molecule has 0 aromatic carbocycles. The number of unbranched alkanes of at least 4 members (excludes halogenated alkanes) is 22. The van der Waals surface area contributed by atoms with Gasteiger partial charge < -0.3 is 0 Å². The lowest BCUT2D eigenvalue weighted by atomic mass is 10.0. The number of hydrogen-bond acceptors (Lipinski definition) is 4. The van der Waals surface area contributed by atoms with Crippen molar-refractivity contribution < 1.29 is 16.8 Å². The molecule has 0 bridgehead atoms. The van der Waals surface area contributed by atoms with E-state index in [1.807, 2.05) is 0 Å². The predicted molar refractivity (Wildman–Crippen MR) is 180 cm³/mol. The first kappa shape index (κ1) is 40.9. The fraction of sp³-hybridized carbons (Fsp3) is 1.00. The Balaban J connectivity index is 4.87. The second-order valence-electron chi connectivity index (χ2n) is 12.8. The monoisotopic (exact) mass is 603 g/mol. The summed E-state index contributed by atoms with van der Waals surface area (Å²) in [5, 5.41) is 0. The van der Waals surface area contributed by atoms with Crippen LogP contribution in [0.1, 0.15) is 220 Å². The lowest BCUT2D eigenvalue weighted by molar-refractivity contribution is 0.101. The number of hydrogen-bond donors (Lipinski definition) is 0. The topological polar surface area (TPSA) is 52.6 Å². The van der Waals surface area contributed by atoms with Gasteiger partial charge in [-0.15, -0.1) is 0 Å². The van der Waals surface area contributed by atoms with Gasteiger partial charge in [-0.05, 0) is 25.7 Å². The van der Waals surface area contributed by atoms with Crippen molar-refractivity contribution in [1.29, 1.82) is 0 Å². The van der Waals surface area contributed by atoms with Crippen molar-refractivity contribution >= 4 is 10.4 Å². The van der Waals surface area contributed by atoms with Gasteiger partial charge in [0.15, 0.2) is 0 Å². The highest BCUT2D eigenvalue weighted by Crippen LogP contribution is 2.23. The van der Waals surface area contributed by atoms with Crippen LogP contribution in [0.5, 0.6) is 0 Å². The lowest BCUT2D eigenvalue weighted by Gasteiger charge is -2.21. The maximum Gasteiger partial charge on any atom is 0.400 e. The van der Waals surface area contributed by atoms with Crippen molar-refractivity contribution in [3.05, 3.63) is 0 Å². The molecule has 0 N–H and O–H groups in total. The zero-order chi connectivity index (χ0) is 30.3. The number of rotatable bonds is 34. The summed E-state index contributed by atoms with van der Waals surface area (Å²) in [5.41, 5.74) is 0. The van der Waals surface area contributed by atoms with Crippen molar-refractivity contribution in [2.75, 3.05) is 0 Å². The molecule has 0 rings (SSSR count). The van der Waals surface area contributed by atoms with Crippen LogP contribution in [0.15, 0.2) is 0 Å². The van der Waals surface area contributed by atoms with Gasteiger partial charge in [-0.1, -0.05) is 195 Å². The van der Waals surface area contributed by atoms with Crippen LogP contribution in [0.3, 0.4) is 0 Å². The third-order valence-corrected chi connectivity index (χ3v) is 9.54. The summed E-state index contributed by atoms with van der Waals surface area (Å²) < 4.78 is 38.0. The minimum Gasteiger partial charge on any atom is -0.245 e.